The van der Waals surface area contributed by atoms with Gasteiger partial charge in [-0.1, -0.05) is 12.1 Å². The Morgan fingerprint density at radius 3 is 2.82 bits per heavy atom. The summed E-state index contributed by atoms with van der Waals surface area (Å²) >= 11 is 1.44. The fourth-order valence-electron chi connectivity index (χ4n) is 1.38. The van der Waals surface area contributed by atoms with Crippen LogP contribution in [0.5, 0.6) is 0 Å². The predicted octanol–water partition coefficient (Wildman–Crippen LogP) is 1.49. The molecule has 0 amide bonds. The maximum absolute atomic E-state index is 10.7. The second-order valence-electron chi connectivity index (χ2n) is 3.67. The van der Waals surface area contributed by atoms with Crippen LogP contribution in [0.3, 0.4) is 0 Å². The summed E-state index contributed by atoms with van der Waals surface area (Å²) in [5.41, 5.74) is 1.66. The molecular weight excluding hydrogens is 242 g/mol. The summed E-state index contributed by atoms with van der Waals surface area (Å²) in [4.78, 5) is 10.3. The smallest absolute Gasteiger partial charge is 0.272 e. The lowest BCUT2D eigenvalue weighted by Gasteiger charge is -2.08. The van der Waals surface area contributed by atoms with Crippen molar-refractivity contribution in [2.24, 2.45) is 0 Å². The number of hydrogen-bond donors (Lipinski definition) is 2. The Morgan fingerprint density at radius 1 is 1.53 bits per heavy atom. The highest BCUT2D eigenvalue weighted by atomic mass is 32.2. The third-order valence-electron chi connectivity index (χ3n) is 2.39. The normalized spacial score (nSPS) is 12.4. The van der Waals surface area contributed by atoms with Gasteiger partial charge in [0.15, 0.2) is 0 Å². The van der Waals surface area contributed by atoms with Crippen molar-refractivity contribution < 1.29 is 15.1 Å². The lowest BCUT2D eigenvalue weighted by Crippen LogP contribution is -2.14. The van der Waals surface area contributed by atoms with Gasteiger partial charge in [-0.15, -0.1) is 0 Å². The highest BCUT2D eigenvalue weighted by Gasteiger charge is 2.13. The van der Waals surface area contributed by atoms with Crippen molar-refractivity contribution in [3.8, 4) is 0 Å². The quantitative estimate of drug-likeness (QED) is 0.596. The van der Waals surface area contributed by atoms with Crippen LogP contribution in [0.2, 0.25) is 0 Å². The molecule has 17 heavy (non-hydrogen) atoms. The molecule has 1 aromatic rings. The zero-order valence-corrected chi connectivity index (χ0v) is 10.3. The standard InChI is InChI=1S/C11H15NO4S/c1-8-9(6-17-7-10(14)5-13)3-2-4-11(8)12(15)16/h2-4,10,13-14H,5-7H2,1H3. The van der Waals surface area contributed by atoms with Crippen molar-refractivity contribution in [1.29, 1.82) is 0 Å². The van der Waals surface area contributed by atoms with Gasteiger partial charge in [0.1, 0.15) is 0 Å². The van der Waals surface area contributed by atoms with Crippen molar-refractivity contribution in [1.82, 2.24) is 0 Å². The monoisotopic (exact) mass is 257 g/mol. The lowest BCUT2D eigenvalue weighted by atomic mass is 10.1. The second-order valence-corrected chi connectivity index (χ2v) is 4.70. The number of nitro groups is 1. The van der Waals surface area contributed by atoms with Gasteiger partial charge in [0.05, 0.1) is 17.6 Å². The van der Waals surface area contributed by atoms with E-state index in [2.05, 4.69) is 0 Å². The molecule has 1 aromatic carbocycles. The Bertz CT molecular complexity index is 397. The minimum Gasteiger partial charge on any atom is -0.394 e. The van der Waals surface area contributed by atoms with Crippen molar-refractivity contribution >= 4 is 17.4 Å². The van der Waals surface area contributed by atoms with E-state index in [0.717, 1.165) is 5.56 Å². The molecule has 2 N–H and O–H groups in total. The van der Waals surface area contributed by atoms with Crippen LogP contribution < -0.4 is 0 Å². The molecule has 0 saturated heterocycles. The van der Waals surface area contributed by atoms with Crippen LogP contribution in [0.25, 0.3) is 0 Å². The molecule has 6 heteroatoms. The average molecular weight is 257 g/mol. The van der Waals surface area contributed by atoms with E-state index in [9.17, 15) is 10.1 Å². The van der Waals surface area contributed by atoms with Crippen LogP contribution in [0, 0.1) is 17.0 Å². The zero-order chi connectivity index (χ0) is 12.8. The van der Waals surface area contributed by atoms with Gasteiger partial charge in [-0.25, -0.2) is 0 Å². The summed E-state index contributed by atoms with van der Waals surface area (Å²) in [5.74, 6) is 1.00. The summed E-state index contributed by atoms with van der Waals surface area (Å²) in [6.45, 7) is 1.46. The van der Waals surface area contributed by atoms with Gasteiger partial charge in [0.25, 0.3) is 5.69 Å². The molecular formula is C11H15NO4S. The van der Waals surface area contributed by atoms with Gasteiger partial charge in [-0.2, -0.15) is 11.8 Å². The molecule has 5 nitrogen and oxygen atoms in total. The molecule has 0 aliphatic heterocycles. The first kappa shape index (κ1) is 14.0. The van der Waals surface area contributed by atoms with E-state index in [1.54, 1.807) is 13.0 Å². The fourth-order valence-corrected chi connectivity index (χ4v) is 2.41. The van der Waals surface area contributed by atoms with Crippen LogP contribution in [-0.4, -0.2) is 33.6 Å². The van der Waals surface area contributed by atoms with Crippen molar-refractivity contribution in [3.63, 3.8) is 0 Å². The molecule has 0 bridgehead atoms. The molecule has 1 rings (SSSR count). The Morgan fingerprint density at radius 2 is 2.24 bits per heavy atom. The van der Waals surface area contributed by atoms with Crippen LogP contribution in [0.4, 0.5) is 5.69 Å². The van der Waals surface area contributed by atoms with E-state index in [4.69, 9.17) is 10.2 Å². The molecule has 1 unspecified atom stereocenters. The highest BCUT2D eigenvalue weighted by Crippen LogP contribution is 2.24. The number of aliphatic hydroxyl groups excluding tert-OH is 2. The van der Waals surface area contributed by atoms with Crippen LogP contribution in [0.1, 0.15) is 11.1 Å². The minimum absolute atomic E-state index is 0.116. The number of aliphatic hydroxyl groups is 2. The van der Waals surface area contributed by atoms with Gasteiger partial charge in [0, 0.05) is 23.1 Å². The summed E-state index contributed by atoms with van der Waals surface area (Å²) in [7, 11) is 0. The molecule has 0 saturated carbocycles. The molecule has 94 valence electrons. The molecule has 0 fully saturated rings. The molecule has 1 atom stereocenters. The second kappa shape index (κ2) is 6.58. The number of rotatable bonds is 6. The number of nitro benzene ring substituents is 1. The summed E-state index contributed by atoms with van der Waals surface area (Å²) < 4.78 is 0. The summed E-state index contributed by atoms with van der Waals surface area (Å²) in [6, 6.07) is 4.97. The van der Waals surface area contributed by atoms with E-state index in [1.807, 2.05) is 6.07 Å². The summed E-state index contributed by atoms with van der Waals surface area (Å²) in [6.07, 6.45) is -0.737. The largest absolute Gasteiger partial charge is 0.394 e. The van der Waals surface area contributed by atoms with Crippen molar-refractivity contribution in [2.45, 2.75) is 18.8 Å². The molecule has 0 aromatic heterocycles. The number of nitrogens with zero attached hydrogens (tertiary/aromatic N) is 1. The van der Waals surface area contributed by atoms with E-state index >= 15 is 0 Å². The van der Waals surface area contributed by atoms with Gasteiger partial charge >= 0.3 is 0 Å². The zero-order valence-electron chi connectivity index (χ0n) is 9.50. The third kappa shape index (κ3) is 3.99. The van der Waals surface area contributed by atoms with E-state index < -0.39 is 11.0 Å². The number of benzene rings is 1. The van der Waals surface area contributed by atoms with Gasteiger partial charge in [-0.3, -0.25) is 10.1 Å². The van der Waals surface area contributed by atoms with Crippen molar-refractivity contribution in [2.75, 3.05) is 12.4 Å². The van der Waals surface area contributed by atoms with Gasteiger partial charge < -0.3 is 10.2 Å². The molecule has 0 aliphatic rings. The van der Waals surface area contributed by atoms with Crippen LogP contribution in [0.15, 0.2) is 18.2 Å². The lowest BCUT2D eigenvalue weighted by molar-refractivity contribution is -0.385. The van der Waals surface area contributed by atoms with E-state index in [0.29, 0.717) is 17.1 Å². The minimum atomic E-state index is -0.737. The molecule has 0 heterocycles. The Hall–Kier alpha value is -1.11. The van der Waals surface area contributed by atoms with Gasteiger partial charge in [-0.05, 0) is 12.5 Å². The fraction of sp³-hybridized carbons (Fsp3) is 0.455. The van der Waals surface area contributed by atoms with E-state index in [1.165, 1.54) is 17.8 Å². The van der Waals surface area contributed by atoms with E-state index in [-0.39, 0.29) is 12.3 Å². The Kier molecular flexibility index (Phi) is 5.40. The Balaban J connectivity index is 2.66. The molecule has 0 aliphatic carbocycles. The third-order valence-corrected chi connectivity index (χ3v) is 3.53. The topological polar surface area (TPSA) is 83.6 Å². The van der Waals surface area contributed by atoms with Crippen LogP contribution >= 0.6 is 11.8 Å². The van der Waals surface area contributed by atoms with Gasteiger partial charge in [0.2, 0.25) is 0 Å². The highest BCUT2D eigenvalue weighted by molar-refractivity contribution is 7.98. The SMILES string of the molecule is Cc1c(CSCC(O)CO)cccc1[N+](=O)[O-]. The first-order chi connectivity index (χ1) is 8.06. The maximum atomic E-state index is 10.7. The first-order valence-electron chi connectivity index (χ1n) is 5.15. The predicted molar refractivity (Wildman–Crippen MR) is 67.1 cm³/mol. The van der Waals surface area contributed by atoms with Crippen molar-refractivity contribution in [3.05, 3.63) is 39.4 Å². The Labute approximate surface area is 104 Å². The van der Waals surface area contributed by atoms with Crippen LogP contribution in [-0.2, 0) is 5.75 Å². The molecule has 0 radical (unpaired) electrons. The average Bonchev–Trinajstić information content (AvgIpc) is 2.30. The maximum Gasteiger partial charge on any atom is 0.272 e. The number of hydrogen-bond acceptors (Lipinski definition) is 5. The molecule has 0 spiro atoms. The number of thioether (sulfide) groups is 1. The summed E-state index contributed by atoms with van der Waals surface area (Å²) in [5, 5.41) is 28.5. The first-order valence-corrected chi connectivity index (χ1v) is 6.31.